The highest BCUT2D eigenvalue weighted by atomic mass is 32.1. The van der Waals surface area contributed by atoms with Gasteiger partial charge in [0, 0.05) is 10.9 Å². The predicted octanol–water partition coefficient (Wildman–Crippen LogP) is 3.86. The van der Waals surface area contributed by atoms with Crippen LogP contribution in [0, 0.1) is 5.82 Å². The van der Waals surface area contributed by atoms with Gasteiger partial charge in [-0.1, -0.05) is 12.1 Å². The van der Waals surface area contributed by atoms with Crippen LogP contribution in [0.15, 0.2) is 65.3 Å². The summed E-state index contributed by atoms with van der Waals surface area (Å²) >= 11 is 1.15. The van der Waals surface area contributed by atoms with Crippen LogP contribution < -0.4 is 25.6 Å². The van der Waals surface area contributed by atoms with Gasteiger partial charge >= 0.3 is 5.88 Å². The number of rotatable bonds is 6. The summed E-state index contributed by atoms with van der Waals surface area (Å²) in [5.74, 6) is 0.0403. The van der Waals surface area contributed by atoms with E-state index in [0.29, 0.717) is 59.1 Å². The third kappa shape index (κ3) is 4.87. The number of benzene rings is 2. The monoisotopic (exact) mass is 547 g/mol. The van der Waals surface area contributed by atoms with E-state index in [1.165, 1.54) is 16.9 Å². The molecule has 3 aromatic heterocycles. The van der Waals surface area contributed by atoms with E-state index in [9.17, 15) is 9.18 Å². The molecule has 1 saturated heterocycles. The highest BCUT2D eigenvalue weighted by Gasteiger charge is 2.26. The van der Waals surface area contributed by atoms with Crippen molar-refractivity contribution < 1.29 is 28.0 Å². The number of nitrogens with two attached hydrogens (primary N) is 1. The Balaban J connectivity index is 1.39. The van der Waals surface area contributed by atoms with Crippen molar-refractivity contribution in [1.29, 1.82) is 0 Å². The van der Waals surface area contributed by atoms with Crippen LogP contribution in [0.1, 0.15) is 9.67 Å². The molecule has 1 aliphatic heterocycles. The highest BCUT2D eigenvalue weighted by molar-refractivity contribution is 7.21. The first-order chi connectivity index (χ1) is 19.0. The molecule has 10 nitrogen and oxygen atoms in total. The Morgan fingerprint density at radius 1 is 1.15 bits per heavy atom. The number of nitrogen functional groups attached to an aromatic ring is 1. The van der Waals surface area contributed by atoms with Crippen LogP contribution in [0.25, 0.3) is 32.6 Å². The summed E-state index contributed by atoms with van der Waals surface area (Å²) in [5, 5.41) is 9.23. The van der Waals surface area contributed by atoms with Crippen molar-refractivity contribution in [3.8, 4) is 28.1 Å². The molecule has 39 heavy (non-hydrogen) atoms. The number of carbonyl (C=O) groups is 1. The topological polar surface area (TPSA) is 120 Å². The van der Waals surface area contributed by atoms with E-state index >= 15 is 0 Å². The maximum atomic E-state index is 14.2. The molecule has 198 valence electrons. The Kier molecular flexibility index (Phi) is 6.55. The lowest BCUT2D eigenvalue weighted by Gasteiger charge is -2.18. The number of hydrogen-bond acceptors (Lipinski definition) is 9. The van der Waals surface area contributed by atoms with Gasteiger partial charge in [0.1, 0.15) is 21.3 Å². The van der Waals surface area contributed by atoms with Gasteiger partial charge in [-0.3, -0.25) is 14.6 Å². The summed E-state index contributed by atoms with van der Waals surface area (Å²) in [7, 11) is 1.60. The minimum absolute atomic E-state index is 0.167. The molecule has 0 atom stereocenters. The molecule has 0 unspecified atom stereocenters. The van der Waals surface area contributed by atoms with Gasteiger partial charge in [0.25, 0.3) is 12.1 Å². The van der Waals surface area contributed by atoms with E-state index in [1.54, 1.807) is 25.4 Å². The van der Waals surface area contributed by atoms with Crippen LogP contribution in [0.2, 0.25) is 0 Å². The number of halogens is 1. The Labute approximate surface area is 226 Å². The summed E-state index contributed by atoms with van der Waals surface area (Å²) in [5.41, 5.74) is 9.57. The first-order valence-corrected chi connectivity index (χ1v) is 13.0. The molecule has 1 amide bonds. The van der Waals surface area contributed by atoms with Gasteiger partial charge in [-0.05, 0) is 53.6 Å². The zero-order valence-electron chi connectivity index (χ0n) is 20.9. The van der Waals surface area contributed by atoms with Gasteiger partial charge in [-0.2, -0.15) is 0 Å². The van der Waals surface area contributed by atoms with Gasteiger partial charge in [-0.25, -0.2) is 9.37 Å². The second kappa shape index (κ2) is 10.3. The van der Waals surface area contributed by atoms with E-state index in [0.717, 1.165) is 16.9 Å². The molecule has 0 aliphatic carbocycles. The summed E-state index contributed by atoms with van der Waals surface area (Å²) in [4.78, 5) is 20.5. The van der Waals surface area contributed by atoms with Gasteiger partial charge < -0.3 is 15.2 Å². The first kappa shape index (κ1) is 24.8. The summed E-state index contributed by atoms with van der Waals surface area (Å²) in [6.45, 7) is 2.47. The zero-order valence-corrected chi connectivity index (χ0v) is 21.7. The number of fused-ring (bicyclic) bond motifs is 1. The van der Waals surface area contributed by atoms with Gasteiger partial charge in [0.05, 0.1) is 49.6 Å². The number of carbonyl (C=O) groups excluding carboxylic acids is 1. The Morgan fingerprint density at radius 2 is 1.95 bits per heavy atom. The average molecular weight is 548 g/mol. The number of amides is 1. The van der Waals surface area contributed by atoms with Crippen molar-refractivity contribution in [1.82, 2.24) is 10.3 Å². The molecule has 1 fully saturated rings. The van der Waals surface area contributed by atoms with E-state index in [1.807, 2.05) is 35.3 Å². The minimum atomic E-state index is -0.461. The first-order valence-electron chi connectivity index (χ1n) is 12.2. The van der Waals surface area contributed by atoms with Gasteiger partial charge in [0.2, 0.25) is 5.27 Å². The zero-order chi connectivity index (χ0) is 26.9. The number of methoxy groups -OCH3 is 1. The Bertz CT molecular complexity index is 1660. The van der Waals surface area contributed by atoms with Crippen molar-refractivity contribution in [2.45, 2.75) is 0 Å². The highest BCUT2D eigenvalue weighted by Crippen LogP contribution is 2.41. The number of nitrogens with zero attached hydrogens (tertiary/aromatic N) is 4. The number of hydrogen-bond donors (Lipinski definition) is 2. The largest absolute Gasteiger partial charge is 0.497 e. The molecule has 1 aliphatic rings. The lowest BCUT2D eigenvalue weighted by Crippen LogP contribution is -2.62. The maximum Gasteiger partial charge on any atom is 0.306 e. The number of nitrogens with one attached hydrogen (secondary N) is 1. The van der Waals surface area contributed by atoms with Crippen LogP contribution in [-0.2, 0) is 4.74 Å². The molecule has 12 heteroatoms. The number of ether oxygens (including phenoxy) is 2. The van der Waals surface area contributed by atoms with Crippen molar-refractivity contribution >= 4 is 39.0 Å². The van der Waals surface area contributed by atoms with Gasteiger partial charge in [0.15, 0.2) is 0 Å². The molecule has 5 aromatic rings. The fourth-order valence-corrected chi connectivity index (χ4v) is 5.45. The molecule has 6 rings (SSSR count). The number of pyridine rings is 1. The Hall–Kier alpha value is -4.55. The molecule has 4 heterocycles. The van der Waals surface area contributed by atoms with Crippen molar-refractivity contribution in [2.24, 2.45) is 0 Å². The van der Waals surface area contributed by atoms with E-state index in [2.05, 4.69) is 10.6 Å². The van der Waals surface area contributed by atoms with Crippen LogP contribution in [0.3, 0.4) is 0 Å². The van der Waals surface area contributed by atoms with Gasteiger partial charge in [-0.15, -0.1) is 16.3 Å². The standard InChI is InChI=1S/C27H23FN6O4S/c1-36-19-7-5-16(6-8-19)21-14-20(17-3-2-4-18(28)13-17)23-24(29)25(39-27(23)30-21)26(35)31-22-15-34(32-38-22)33-9-11-37-12-10-33/h2-8,13-15H,9-12H2,1H3,(H2-,29,31,32,35)/p+1. The van der Waals surface area contributed by atoms with E-state index in [4.69, 9.17) is 24.7 Å². The SMILES string of the molecule is COc1ccc(-c2cc(-c3cccc(F)c3)c3c(N)c(C(=O)Nc4c[n+](N5CCOCC5)no4)sc3n2)cc1. The molecular formula is C27H24FN6O4S+. The Morgan fingerprint density at radius 3 is 2.69 bits per heavy atom. The molecule has 2 aromatic carbocycles. The summed E-state index contributed by atoms with van der Waals surface area (Å²) in [6, 6.07) is 15.5. The lowest BCUT2D eigenvalue weighted by atomic mass is 9.99. The normalized spacial score (nSPS) is 13.5. The second-order valence-corrected chi connectivity index (χ2v) is 9.82. The van der Waals surface area contributed by atoms with Crippen molar-refractivity contribution in [3.05, 3.63) is 71.5 Å². The molecule has 0 saturated carbocycles. The summed E-state index contributed by atoms with van der Waals surface area (Å²) < 4.78 is 30.2. The number of thiophene rings is 1. The molecule has 0 bridgehead atoms. The molecular weight excluding hydrogens is 523 g/mol. The molecule has 0 radical (unpaired) electrons. The maximum absolute atomic E-state index is 14.2. The molecule has 3 N–H and O–H groups in total. The van der Waals surface area contributed by atoms with Crippen LogP contribution in [-0.4, -0.2) is 49.6 Å². The smallest absolute Gasteiger partial charge is 0.306 e. The quantitative estimate of drug-likeness (QED) is 0.308. The fraction of sp³-hybridized carbons (Fsp3) is 0.185. The van der Waals surface area contributed by atoms with Crippen molar-refractivity contribution in [2.75, 3.05) is 49.5 Å². The fourth-order valence-electron chi connectivity index (χ4n) is 4.44. The minimum Gasteiger partial charge on any atom is -0.497 e. The van der Waals surface area contributed by atoms with E-state index < -0.39 is 5.91 Å². The predicted molar refractivity (Wildman–Crippen MR) is 145 cm³/mol. The lowest BCUT2D eigenvalue weighted by molar-refractivity contribution is -0.759. The summed E-state index contributed by atoms with van der Waals surface area (Å²) in [6.07, 6.45) is 1.59. The third-order valence-corrected chi connectivity index (χ3v) is 7.49. The van der Waals surface area contributed by atoms with Crippen LogP contribution in [0.5, 0.6) is 5.75 Å². The third-order valence-electron chi connectivity index (χ3n) is 6.40. The second-order valence-electron chi connectivity index (χ2n) is 8.83. The number of morpholine rings is 1. The number of aromatic nitrogens is 3. The van der Waals surface area contributed by atoms with Crippen LogP contribution in [0.4, 0.5) is 16.0 Å². The average Bonchev–Trinajstić information content (AvgIpc) is 3.57. The van der Waals surface area contributed by atoms with Crippen molar-refractivity contribution in [3.63, 3.8) is 0 Å². The molecule has 0 spiro atoms. The number of anilines is 2. The van der Waals surface area contributed by atoms with E-state index in [-0.39, 0.29) is 22.3 Å². The van der Waals surface area contributed by atoms with Crippen LogP contribution >= 0.6 is 11.3 Å².